The third-order valence-electron chi connectivity index (χ3n) is 5.36. The van der Waals surface area contributed by atoms with Crippen molar-refractivity contribution in [1.82, 2.24) is 24.6 Å². The molecular formula is C20H21N5OS. The minimum atomic E-state index is 0.329. The smallest absolute Gasteiger partial charge is 0.264 e. The number of fused-ring (bicyclic) bond motifs is 1. The van der Waals surface area contributed by atoms with Gasteiger partial charge in [-0.1, -0.05) is 12.1 Å². The summed E-state index contributed by atoms with van der Waals surface area (Å²) in [5, 5.41) is 9.73. The van der Waals surface area contributed by atoms with E-state index in [1.807, 2.05) is 19.2 Å². The molecule has 1 aromatic carbocycles. The van der Waals surface area contributed by atoms with E-state index in [2.05, 4.69) is 50.9 Å². The van der Waals surface area contributed by atoms with Crippen molar-refractivity contribution >= 4 is 21.6 Å². The van der Waals surface area contributed by atoms with Crippen LogP contribution in [0.1, 0.15) is 35.5 Å². The van der Waals surface area contributed by atoms with Crippen LogP contribution in [0.4, 0.5) is 0 Å². The Bertz CT molecular complexity index is 1060. The number of nitrogens with zero attached hydrogens (tertiary/aromatic N) is 5. The molecule has 4 aromatic rings. The van der Waals surface area contributed by atoms with Gasteiger partial charge in [0.2, 0.25) is 5.89 Å². The Hall–Kier alpha value is -2.51. The molecule has 0 N–H and O–H groups in total. The number of hydrogen-bond donors (Lipinski definition) is 0. The molecule has 1 atom stereocenters. The molecule has 0 amide bonds. The topological polar surface area (TPSA) is 60.0 Å². The zero-order chi connectivity index (χ0) is 18.4. The molecule has 0 bridgehead atoms. The van der Waals surface area contributed by atoms with Gasteiger partial charge in [0.15, 0.2) is 0 Å². The lowest BCUT2D eigenvalue weighted by molar-refractivity contribution is 0.224. The highest BCUT2D eigenvalue weighted by molar-refractivity contribution is 7.18. The van der Waals surface area contributed by atoms with E-state index >= 15 is 0 Å². The second kappa shape index (κ2) is 6.58. The molecule has 0 radical (unpaired) electrons. The number of hydrogen-bond acceptors (Lipinski definition) is 6. The summed E-state index contributed by atoms with van der Waals surface area (Å²) in [5.74, 6) is 1.24. The van der Waals surface area contributed by atoms with E-state index in [4.69, 9.17) is 9.40 Å². The van der Waals surface area contributed by atoms with Crippen LogP contribution in [0.2, 0.25) is 0 Å². The first-order chi connectivity index (χ1) is 13.2. The Kier molecular flexibility index (Phi) is 4.06. The number of likely N-dealkylation sites (tertiary alicyclic amines) is 1. The van der Waals surface area contributed by atoms with E-state index in [0.29, 0.717) is 24.4 Å². The summed E-state index contributed by atoms with van der Waals surface area (Å²) in [6, 6.07) is 12.7. The number of para-hydroxylation sites is 1. The van der Waals surface area contributed by atoms with Gasteiger partial charge in [0, 0.05) is 12.7 Å². The maximum atomic E-state index is 5.97. The lowest BCUT2D eigenvalue weighted by atomic mass is 10.2. The Morgan fingerprint density at radius 3 is 2.89 bits per heavy atom. The van der Waals surface area contributed by atoms with Crippen molar-refractivity contribution in [2.75, 3.05) is 6.54 Å². The monoisotopic (exact) mass is 379 g/mol. The predicted molar refractivity (Wildman–Crippen MR) is 105 cm³/mol. The quantitative estimate of drug-likeness (QED) is 0.528. The lowest BCUT2D eigenvalue weighted by Crippen LogP contribution is -2.22. The number of aryl methyl sites for hydroxylation is 1. The van der Waals surface area contributed by atoms with Crippen LogP contribution < -0.4 is 0 Å². The van der Waals surface area contributed by atoms with Gasteiger partial charge in [0.25, 0.3) is 5.89 Å². The van der Waals surface area contributed by atoms with E-state index in [-0.39, 0.29) is 0 Å². The van der Waals surface area contributed by atoms with Crippen LogP contribution in [0, 0.1) is 6.92 Å². The van der Waals surface area contributed by atoms with Crippen LogP contribution in [0.15, 0.2) is 40.8 Å². The number of thiazole rings is 1. The molecule has 27 heavy (non-hydrogen) atoms. The number of aromatic nitrogens is 4. The molecule has 0 spiro atoms. The minimum Gasteiger partial charge on any atom is -0.418 e. The van der Waals surface area contributed by atoms with Crippen molar-refractivity contribution in [2.45, 2.75) is 32.4 Å². The predicted octanol–water partition coefficient (Wildman–Crippen LogP) is 4.33. The molecule has 1 aliphatic rings. The lowest BCUT2D eigenvalue weighted by Gasteiger charge is -2.20. The second-order valence-corrected chi connectivity index (χ2v) is 8.13. The summed E-state index contributed by atoms with van der Waals surface area (Å²) >= 11 is 1.79. The van der Waals surface area contributed by atoms with Crippen LogP contribution >= 0.6 is 11.3 Å². The second-order valence-electron chi connectivity index (χ2n) is 7.07. The molecule has 4 heterocycles. The molecule has 7 heteroatoms. The van der Waals surface area contributed by atoms with Gasteiger partial charge in [0.1, 0.15) is 10.7 Å². The first kappa shape index (κ1) is 16.6. The molecule has 1 fully saturated rings. The van der Waals surface area contributed by atoms with Crippen LogP contribution in [-0.2, 0) is 13.6 Å². The molecule has 1 aliphatic heterocycles. The van der Waals surface area contributed by atoms with Crippen molar-refractivity contribution in [1.29, 1.82) is 0 Å². The summed E-state index contributed by atoms with van der Waals surface area (Å²) in [6.45, 7) is 3.76. The van der Waals surface area contributed by atoms with E-state index in [1.54, 1.807) is 11.3 Å². The number of rotatable bonds is 4. The maximum Gasteiger partial charge on any atom is 0.264 e. The van der Waals surface area contributed by atoms with Crippen LogP contribution in [0.3, 0.4) is 0 Å². The largest absolute Gasteiger partial charge is 0.418 e. The fourth-order valence-electron chi connectivity index (χ4n) is 3.75. The minimum absolute atomic E-state index is 0.329. The van der Waals surface area contributed by atoms with Crippen LogP contribution in [-0.4, -0.2) is 31.2 Å². The highest BCUT2D eigenvalue weighted by Crippen LogP contribution is 2.37. The highest BCUT2D eigenvalue weighted by atomic mass is 32.1. The molecule has 1 saturated heterocycles. The Morgan fingerprint density at radius 2 is 2.07 bits per heavy atom. The fourth-order valence-corrected chi connectivity index (χ4v) is 4.89. The summed E-state index contributed by atoms with van der Waals surface area (Å²) in [7, 11) is 2.01. The molecule has 6 nitrogen and oxygen atoms in total. The Balaban J connectivity index is 1.38. The standard InChI is InChI=1S/C20H21N5OS/c1-13-9-10-15(24(13)2)19-23-22-18(26-19)12-25-11-5-7-16(25)20-21-14-6-3-4-8-17(14)27-20/h3-4,6,8-10,16H,5,7,11-12H2,1-2H3. The molecule has 0 aliphatic carbocycles. The van der Waals surface area contributed by atoms with Gasteiger partial charge < -0.3 is 8.98 Å². The van der Waals surface area contributed by atoms with Crippen molar-refractivity contribution in [2.24, 2.45) is 7.05 Å². The normalized spacial score (nSPS) is 17.9. The fraction of sp³-hybridized carbons (Fsp3) is 0.350. The third-order valence-corrected chi connectivity index (χ3v) is 6.49. The number of benzene rings is 1. The molecule has 5 rings (SSSR count). The third kappa shape index (κ3) is 2.96. The van der Waals surface area contributed by atoms with E-state index in [0.717, 1.165) is 24.2 Å². The molecule has 3 aromatic heterocycles. The SMILES string of the molecule is Cc1ccc(-c2nnc(CN3CCCC3c3nc4ccccc4s3)o2)n1C. The maximum absolute atomic E-state index is 5.97. The summed E-state index contributed by atoms with van der Waals surface area (Å²) in [4.78, 5) is 7.27. The van der Waals surface area contributed by atoms with Gasteiger partial charge in [-0.05, 0) is 50.6 Å². The average Bonchev–Trinajstić information content (AvgIpc) is 3.43. The van der Waals surface area contributed by atoms with Gasteiger partial charge >= 0.3 is 0 Å². The van der Waals surface area contributed by atoms with Gasteiger partial charge in [-0.15, -0.1) is 21.5 Å². The van der Waals surface area contributed by atoms with Gasteiger partial charge in [-0.25, -0.2) is 4.98 Å². The van der Waals surface area contributed by atoms with Crippen molar-refractivity contribution in [3.05, 3.63) is 53.0 Å². The van der Waals surface area contributed by atoms with Crippen LogP contribution in [0.25, 0.3) is 21.8 Å². The van der Waals surface area contributed by atoms with Crippen molar-refractivity contribution in [3.63, 3.8) is 0 Å². The van der Waals surface area contributed by atoms with Crippen molar-refractivity contribution < 1.29 is 4.42 Å². The van der Waals surface area contributed by atoms with Crippen LogP contribution in [0.5, 0.6) is 0 Å². The molecular weight excluding hydrogens is 358 g/mol. The zero-order valence-electron chi connectivity index (χ0n) is 15.4. The van der Waals surface area contributed by atoms with E-state index in [9.17, 15) is 0 Å². The summed E-state index contributed by atoms with van der Waals surface area (Å²) in [5.41, 5.74) is 3.21. The van der Waals surface area contributed by atoms with E-state index < -0.39 is 0 Å². The summed E-state index contributed by atoms with van der Waals surface area (Å²) < 4.78 is 9.28. The molecule has 138 valence electrons. The summed E-state index contributed by atoms with van der Waals surface area (Å²) in [6.07, 6.45) is 2.29. The first-order valence-electron chi connectivity index (χ1n) is 9.23. The highest BCUT2D eigenvalue weighted by Gasteiger charge is 2.30. The van der Waals surface area contributed by atoms with E-state index in [1.165, 1.54) is 21.8 Å². The van der Waals surface area contributed by atoms with Gasteiger partial charge in [-0.3, -0.25) is 4.90 Å². The van der Waals surface area contributed by atoms with Gasteiger partial charge in [-0.2, -0.15) is 0 Å². The van der Waals surface area contributed by atoms with Crippen molar-refractivity contribution in [3.8, 4) is 11.6 Å². The average molecular weight is 379 g/mol. The first-order valence-corrected chi connectivity index (χ1v) is 10.1. The Labute approximate surface area is 161 Å². The van der Waals surface area contributed by atoms with Gasteiger partial charge in [0.05, 0.1) is 22.8 Å². The molecule has 0 saturated carbocycles. The zero-order valence-corrected chi connectivity index (χ0v) is 16.2. The Morgan fingerprint density at radius 1 is 1.19 bits per heavy atom. The molecule has 1 unspecified atom stereocenters.